The molecule has 0 spiro atoms. The summed E-state index contributed by atoms with van der Waals surface area (Å²) in [6, 6.07) is 142. The maximum Gasteiger partial charge on any atom is 0.166 e. The zero-order valence-corrected chi connectivity index (χ0v) is 67.3. The van der Waals surface area contributed by atoms with Gasteiger partial charge in [-0.05, 0) is 91.0 Å². The number of hydrogen-bond donors (Lipinski definition) is 0. The van der Waals surface area contributed by atoms with E-state index < -0.39 is 0 Å². The fourth-order valence-electron chi connectivity index (χ4n) is 17.0. The number of aromatic nitrogens is 12. The van der Waals surface area contributed by atoms with Crippen LogP contribution in [0.1, 0.15) is 0 Å². The molecule has 8 aromatic heterocycles. The summed E-state index contributed by atoms with van der Waals surface area (Å²) in [5, 5.41) is 9.17. The zero-order chi connectivity index (χ0) is 82.0. The third-order valence-electron chi connectivity index (χ3n) is 22.9. The molecule has 0 saturated heterocycles. The molecule has 0 unspecified atom stereocenters. The normalized spacial score (nSPS) is 11.5. The van der Waals surface area contributed by atoms with E-state index in [9.17, 15) is 0 Å². The third-order valence-corrected chi connectivity index (χ3v) is 24.1. The predicted molar refractivity (Wildman–Crippen MR) is 505 cm³/mol. The topological polar surface area (TPSA) is 152 Å². The highest BCUT2D eigenvalue weighted by molar-refractivity contribution is 7.25. The molecular weight excluding hydrogens is 1540 g/mol. The molecule has 24 rings (SSSR count). The average Bonchev–Trinajstić information content (AvgIpc) is 1.66. The molecule has 0 radical (unpaired) electrons. The lowest BCUT2D eigenvalue weighted by molar-refractivity contribution is 0.669. The van der Waals surface area contributed by atoms with Crippen molar-refractivity contribution in [2.45, 2.75) is 0 Å². The first-order valence-corrected chi connectivity index (χ1v) is 42.0. The summed E-state index contributed by atoms with van der Waals surface area (Å²) in [5.74, 6) is 4.68. The largest absolute Gasteiger partial charge is 0.456 e. The first-order chi connectivity index (χ1) is 61.4. The van der Waals surface area contributed by atoms with Crippen molar-refractivity contribution in [1.29, 1.82) is 0 Å². The Bertz CT molecular complexity index is 7500. The minimum atomic E-state index is 0.538. The number of furan rings is 1. The highest BCUT2D eigenvalue weighted by Crippen LogP contribution is 2.46. The fraction of sp³-hybridized carbons (Fsp3) is 0. The second kappa shape index (κ2) is 30.9. The van der Waals surface area contributed by atoms with Gasteiger partial charge < -0.3 is 13.6 Å². The Balaban J connectivity index is 0.000000143. The van der Waals surface area contributed by atoms with Gasteiger partial charge in [0.15, 0.2) is 46.6 Å². The van der Waals surface area contributed by atoms with E-state index in [0.717, 1.165) is 156 Å². The van der Waals surface area contributed by atoms with Gasteiger partial charge in [0.2, 0.25) is 0 Å². The van der Waals surface area contributed by atoms with Gasteiger partial charge >= 0.3 is 0 Å². The van der Waals surface area contributed by atoms with Crippen molar-refractivity contribution in [3.05, 3.63) is 413 Å². The molecule has 0 bridgehead atoms. The van der Waals surface area contributed by atoms with Crippen molar-refractivity contribution in [2.75, 3.05) is 0 Å². The number of benzene rings is 16. The van der Waals surface area contributed by atoms with Crippen molar-refractivity contribution in [3.63, 3.8) is 0 Å². The Labute approximate surface area is 715 Å². The van der Waals surface area contributed by atoms with E-state index in [0.29, 0.717) is 46.6 Å². The molecule has 0 N–H and O–H groups in total. The minimum absolute atomic E-state index is 0.538. The third kappa shape index (κ3) is 13.3. The highest BCUT2D eigenvalue weighted by atomic mass is 32.1. The smallest absolute Gasteiger partial charge is 0.166 e. The summed E-state index contributed by atoms with van der Waals surface area (Å²) in [6.45, 7) is 0. The SMILES string of the molecule is c1ccc(-c2cc(-c3ccc(-n4c5ccccc5c5cc6oc7ccccc7c6cc54)c(-c4nc(-c5ccccc5)nc(-c5ccccc5)n4)c3)nc(-c3ccccc3)n2)cc1.c1ccc(-c2cc(-c3ccccc3)nc(-c3ccc(-n4c5ccccc5c5cc6sc7ccccc7c6cc54)c(-c4nc(-c5ccccc5)nc(-c5ccccc5)n4)c3)n2)cc1. The van der Waals surface area contributed by atoms with Crippen LogP contribution in [0.15, 0.2) is 417 Å². The van der Waals surface area contributed by atoms with Gasteiger partial charge in [-0.15, -0.1) is 11.3 Å². The molecule has 0 aliphatic heterocycles. The summed E-state index contributed by atoms with van der Waals surface area (Å²) in [7, 11) is 0. The van der Waals surface area contributed by atoms with Gasteiger partial charge in [-0.2, -0.15) is 0 Å². The molecule has 13 nitrogen and oxygen atoms in total. The molecular formula is C110H68N12OS. The second-order valence-corrected chi connectivity index (χ2v) is 31.6. The van der Waals surface area contributed by atoms with Crippen molar-refractivity contribution in [1.82, 2.24) is 59.0 Å². The number of fused-ring (bicyclic) bond motifs is 12. The maximum atomic E-state index is 6.43. The molecule has 0 aliphatic carbocycles. The number of para-hydroxylation sites is 3. The first kappa shape index (κ1) is 72.5. The molecule has 124 heavy (non-hydrogen) atoms. The van der Waals surface area contributed by atoms with E-state index >= 15 is 0 Å². The molecule has 16 aromatic carbocycles. The molecule has 0 fully saturated rings. The van der Waals surface area contributed by atoms with Gasteiger partial charge in [0.05, 0.1) is 56.2 Å². The standard InChI is InChI=1S/C55H34N6O.C55H34N6S/c1-5-17-35(18-6-1)45-34-46(57-52(56-45)36-19-7-2-8-20-36)39-29-30-48(44(31-39)55-59-53(37-21-9-3-10-22-37)58-54(60-55)38-23-11-4-12-24-38)61-47-27-15-13-25-40(47)42-33-51-43(32-49(42)61)41-26-14-16-28-50(41)62-51;1-5-17-35(18-6-1)45-34-46(36-19-7-2-8-20-36)57-54(56-45)39-29-30-48(44(31-39)55-59-52(37-21-9-3-10-22-37)58-53(60-55)38-23-11-4-12-24-38)61-47-27-15-13-25-40(47)42-33-51-43(32-49(42)61)41-26-14-16-28-50(41)62-51/h2*1-34H. The Kier molecular flexibility index (Phi) is 18.1. The lowest BCUT2D eigenvalue weighted by atomic mass is 10.0. The lowest BCUT2D eigenvalue weighted by Crippen LogP contribution is -2.04. The van der Waals surface area contributed by atoms with Crippen LogP contribution in [0.2, 0.25) is 0 Å². The van der Waals surface area contributed by atoms with Gasteiger partial charge in [-0.25, -0.2) is 49.8 Å². The number of thiophene rings is 1. The van der Waals surface area contributed by atoms with Gasteiger partial charge in [0, 0.05) is 119 Å². The minimum Gasteiger partial charge on any atom is -0.456 e. The van der Waals surface area contributed by atoms with E-state index in [1.54, 1.807) is 0 Å². The Hall–Kier alpha value is -16.7. The molecule has 0 atom stereocenters. The van der Waals surface area contributed by atoms with Crippen molar-refractivity contribution in [3.8, 4) is 148 Å². The van der Waals surface area contributed by atoms with E-state index in [4.69, 9.17) is 54.3 Å². The van der Waals surface area contributed by atoms with Gasteiger partial charge in [0.1, 0.15) is 11.2 Å². The van der Waals surface area contributed by atoms with E-state index in [-0.39, 0.29) is 0 Å². The van der Waals surface area contributed by atoms with Gasteiger partial charge in [-0.1, -0.05) is 322 Å². The summed E-state index contributed by atoms with van der Waals surface area (Å²) in [6.07, 6.45) is 0. The summed E-state index contributed by atoms with van der Waals surface area (Å²) >= 11 is 1.84. The molecule has 24 aromatic rings. The van der Waals surface area contributed by atoms with Crippen LogP contribution < -0.4 is 0 Å². The Morgan fingerprint density at radius 1 is 0.177 bits per heavy atom. The molecule has 0 amide bonds. The van der Waals surface area contributed by atoms with Crippen LogP contribution in [0, 0.1) is 0 Å². The number of hydrogen-bond acceptors (Lipinski definition) is 12. The molecule has 8 heterocycles. The Morgan fingerprint density at radius 2 is 0.500 bits per heavy atom. The Morgan fingerprint density at radius 3 is 0.944 bits per heavy atom. The summed E-state index contributed by atoms with van der Waals surface area (Å²) < 4.78 is 13.7. The maximum absolute atomic E-state index is 6.43. The van der Waals surface area contributed by atoms with Crippen molar-refractivity contribution in [2.24, 2.45) is 0 Å². The number of rotatable bonds is 14. The van der Waals surface area contributed by atoms with Crippen LogP contribution >= 0.6 is 11.3 Å². The van der Waals surface area contributed by atoms with Gasteiger partial charge in [-0.3, -0.25) is 0 Å². The molecule has 0 saturated carbocycles. The molecule has 0 aliphatic rings. The molecule has 14 heteroatoms. The fourth-order valence-corrected chi connectivity index (χ4v) is 18.2. The van der Waals surface area contributed by atoms with Crippen molar-refractivity contribution < 1.29 is 4.42 Å². The van der Waals surface area contributed by atoms with Crippen molar-refractivity contribution >= 4 is 97.1 Å². The van der Waals surface area contributed by atoms with Crippen LogP contribution in [0.5, 0.6) is 0 Å². The predicted octanol–water partition coefficient (Wildman–Crippen LogP) is 27.8. The van der Waals surface area contributed by atoms with Gasteiger partial charge in [0.25, 0.3) is 0 Å². The van der Waals surface area contributed by atoms with Crippen LogP contribution in [0.3, 0.4) is 0 Å². The monoisotopic (exact) mass is 1600 g/mol. The van der Waals surface area contributed by atoms with Crippen LogP contribution in [0.4, 0.5) is 0 Å². The quantitative estimate of drug-likeness (QED) is 0.102. The first-order valence-electron chi connectivity index (χ1n) is 41.2. The van der Waals surface area contributed by atoms with E-state index in [2.05, 4.69) is 203 Å². The average molecular weight is 1610 g/mol. The molecule has 580 valence electrons. The van der Waals surface area contributed by atoms with Crippen LogP contribution in [-0.2, 0) is 0 Å². The number of nitrogens with zero attached hydrogens (tertiary/aromatic N) is 12. The van der Waals surface area contributed by atoms with Crippen LogP contribution in [-0.4, -0.2) is 59.0 Å². The second-order valence-electron chi connectivity index (χ2n) is 30.6. The summed E-state index contributed by atoms with van der Waals surface area (Å²) in [5.41, 5.74) is 22.1. The highest BCUT2D eigenvalue weighted by Gasteiger charge is 2.27. The van der Waals surface area contributed by atoms with Crippen LogP contribution in [0.25, 0.3) is 233 Å². The zero-order valence-electron chi connectivity index (χ0n) is 66.4. The van der Waals surface area contributed by atoms with E-state index in [1.165, 1.54) is 30.9 Å². The van der Waals surface area contributed by atoms with E-state index in [1.807, 2.05) is 230 Å². The summed E-state index contributed by atoms with van der Waals surface area (Å²) in [4.78, 5) is 52.1. The lowest BCUT2D eigenvalue weighted by Gasteiger charge is -2.17.